The van der Waals surface area contributed by atoms with Gasteiger partial charge < -0.3 is 9.64 Å². The van der Waals surface area contributed by atoms with Crippen molar-refractivity contribution in [1.29, 1.82) is 5.26 Å². The topological polar surface area (TPSA) is 49.1 Å². The summed E-state index contributed by atoms with van der Waals surface area (Å²) >= 11 is 0. The van der Waals surface area contributed by atoms with Crippen LogP contribution in [0.1, 0.15) is 16.7 Å². The van der Waals surface area contributed by atoms with E-state index in [1.165, 1.54) is 18.3 Å². The molecule has 0 saturated carbocycles. The second kappa shape index (κ2) is 8.37. The largest absolute Gasteiger partial charge is 0.476 e. The number of nitriles is 1. The molecule has 0 amide bonds. The van der Waals surface area contributed by atoms with Crippen molar-refractivity contribution in [3.63, 3.8) is 0 Å². The van der Waals surface area contributed by atoms with Crippen molar-refractivity contribution in [2.45, 2.75) is 19.3 Å². The van der Waals surface area contributed by atoms with Gasteiger partial charge in [-0.15, -0.1) is 0 Å². The van der Waals surface area contributed by atoms with Gasteiger partial charge in [-0.1, -0.05) is 6.07 Å². The molecule has 4 nitrogen and oxygen atoms in total. The Morgan fingerprint density at radius 3 is 2.36 bits per heavy atom. The Kier molecular flexibility index (Phi) is 6.38. The van der Waals surface area contributed by atoms with E-state index in [2.05, 4.69) is 4.98 Å². The second-order valence-corrected chi connectivity index (χ2v) is 5.90. The lowest BCUT2D eigenvalue weighted by Crippen LogP contribution is -2.37. The summed E-state index contributed by atoms with van der Waals surface area (Å²) in [7, 11) is 0. The lowest BCUT2D eigenvalue weighted by molar-refractivity contribution is -0.137. The van der Waals surface area contributed by atoms with E-state index in [4.69, 9.17) is 10.00 Å². The van der Waals surface area contributed by atoms with Crippen LogP contribution in [0.25, 0.3) is 0 Å². The first-order valence-corrected chi connectivity index (χ1v) is 7.98. The molecule has 1 aromatic heterocycles. The van der Waals surface area contributed by atoms with E-state index in [1.54, 1.807) is 13.0 Å². The van der Waals surface area contributed by atoms with Crippen LogP contribution < -0.4 is 9.64 Å². The van der Waals surface area contributed by atoms with E-state index in [0.29, 0.717) is 11.0 Å². The Bertz CT molecular complexity index is 840. The molecule has 0 atom stereocenters. The molecule has 0 aliphatic rings. The SMILES string of the molecule is Cc1ccc(OCCN(CC(F)(F)F)c2ccc(C#N)c(C(F)(F)F)c2)nc1. The van der Waals surface area contributed by atoms with Gasteiger partial charge in [0.05, 0.1) is 23.7 Å². The predicted molar refractivity (Wildman–Crippen MR) is 88.9 cm³/mol. The van der Waals surface area contributed by atoms with Gasteiger partial charge in [0.25, 0.3) is 0 Å². The van der Waals surface area contributed by atoms with Gasteiger partial charge in [0.15, 0.2) is 0 Å². The number of ether oxygens (including phenoxy) is 1. The fourth-order valence-electron chi connectivity index (χ4n) is 2.38. The monoisotopic (exact) mass is 403 g/mol. The molecule has 0 aliphatic carbocycles. The summed E-state index contributed by atoms with van der Waals surface area (Å²) in [6, 6.07) is 7.06. The molecule has 0 N–H and O–H groups in total. The number of hydrogen-bond acceptors (Lipinski definition) is 4. The molecule has 28 heavy (non-hydrogen) atoms. The maximum absolute atomic E-state index is 13.1. The van der Waals surface area contributed by atoms with E-state index in [-0.39, 0.29) is 24.7 Å². The lowest BCUT2D eigenvalue weighted by atomic mass is 10.1. The molecule has 10 heteroatoms. The van der Waals surface area contributed by atoms with Gasteiger partial charge in [-0.2, -0.15) is 31.6 Å². The molecule has 0 radical (unpaired) electrons. The number of pyridine rings is 1. The molecule has 0 aliphatic heterocycles. The average molecular weight is 403 g/mol. The smallest absolute Gasteiger partial charge is 0.417 e. The Morgan fingerprint density at radius 2 is 1.82 bits per heavy atom. The number of aryl methyl sites for hydroxylation is 1. The normalized spacial score (nSPS) is 11.8. The van der Waals surface area contributed by atoms with E-state index in [1.807, 2.05) is 0 Å². The summed E-state index contributed by atoms with van der Waals surface area (Å²) < 4.78 is 83.3. The second-order valence-electron chi connectivity index (χ2n) is 5.90. The predicted octanol–water partition coefficient (Wildman–Crippen LogP) is 4.73. The van der Waals surface area contributed by atoms with Crippen molar-refractivity contribution in [2.24, 2.45) is 0 Å². The Balaban J connectivity index is 2.23. The molecule has 0 unspecified atom stereocenters. The highest BCUT2D eigenvalue weighted by Gasteiger charge is 2.36. The number of alkyl halides is 6. The van der Waals surface area contributed by atoms with Crippen LogP contribution in [-0.2, 0) is 6.18 Å². The number of anilines is 1. The molecule has 150 valence electrons. The summed E-state index contributed by atoms with van der Waals surface area (Å²) in [5, 5.41) is 8.81. The van der Waals surface area contributed by atoms with Gasteiger partial charge in [-0.3, -0.25) is 0 Å². The molecule has 0 bridgehead atoms. The zero-order valence-electron chi connectivity index (χ0n) is 14.6. The van der Waals surface area contributed by atoms with Crippen molar-refractivity contribution in [3.05, 3.63) is 53.2 Å². The number of rotatable bonds is 6. The van der Waals surface area contributed by atoms with E-state index in [0.717, 1.165) is 17.7 Å². The van der Waals surface area contributed by atoms with Gasteiger partial charge >= 0.3 is 12.4 Å². The zero-order valence-corrected chi connectivity index (χ0v) is 14.6. The number of nitrogens with zero attached hydrogens (tertiary/aromatic N) is 3. The summed E-state index contributed by atoms with van der Waals surface area (Å²) in [6.45, 7) is -0.238. The Morgan fingerprint density at radius 1 is 1.11 bits per heavy atom. The molecular formula is C18H15F6N3O. The summed E-state index contributed by atoms with van der Waals surface area (Å²) in [5.41, 5.74) is -1.41. The van der Waals surface area contributed by atoms with Crippen LogP contribution in [0.15, 0.2) is 36.5 Å². The Labute approximate surface area is 157 Å². The van der Waals surface area contributed by atoms with Crippen LogP contribution in [-0.4, -0.2) is 30.9 Å². The minimum Gasteiger partial charge on any atom is -0.476 e. The van der Waals surface area contributed by atoms with Crippen molar-refractivity contribution < 1.29 is 31.1 Å². The fourth-order valence-corrected chi connectivity index (χ4v) is 2.38. The number of hydrogen-bond donors (Lipinski definition) is 0. The van der Waals surface area contributed by atoms with Crippen molar-refractivity contribution in [3.8, 4) is 11.9 Å². The average Bonchev–Trinajstić information content (AvgIpc) is 2.60. The standard InChI is InChI=1S/C18H15F6N3O/c1-12-2-5-16(26-10-12)28-7-6-27(11-17(19,20)21)14-4-3-13(9-25)15(8-14)18(22,23)24/h2-5,8,10H,6-7,11H2,1H3. The fraction of sp³-hybridized carbons (Fsp3) is 0.333. The summed E-state index contributed by atoms with van der Waals surface area (Å²) in [4.78, 5) is 4.66. The maximum atomic E-state index is 13.1. The van der Waals surface area contributed by atoms with Crippen LogP contribution in [0, 0.1) is 18.3 Å². The third kappa shape index (κ3) is 6.04. The van der Waals surface area contributed by atoms with E-state index < -0.39 is 30.0 Å². The van der Waals surface area contributed by atoms with Gasteiger partial charge in [-0.05, 0) is 30.7 Å². The van der Waals surface area contributed by atoms with Crippen molar-refractivity contribution in [2.75, 3.05) is 24.6 Å². The summed E-state index contributed by atoms with van der Waals surface area (Å²) in [6.07, 6.45) is -8.00. The third-order valence-electron chi connectivity index (χ3n) is 3.66. The lowest BCUT2D eigenvalue weighted by Gasteiger charge is -2.26. The van der Waals surface area contributed by atoms with Gasteiger partial charge in [-0.25, -0.2) is 4.98 Å². The molecule has 1 heterocycles. The first-order valence-electron chi connectivity index (χ1n) is 7.98. The van der Waals surface area contributed by atoms with E-state index in [9.17, 15) is 26.3 Å². The minimum absolute atomic E-state index is 0.188. The third-order valence-corrected chi connectivity index (χ3v) is 3.66. The van der Waals surface area contributed by atoms with Crippen LogP contribution in [0.3, 0.4) is 0 Å². The first-order chi connectivity index (χ1) is 13.0. The molecule has 0 fully saturated rings. The quantitative estimate of drug-likeness (QED) is 0.655. The van der Waals surface area contributed by atoms with E-state index >= 15 is 0 Å². The van der Waals surface area contributed by atoms with Crippen molar-refractivity contribution in [1.82, 2.24) is 4.98 Å². The molecule has 2 rings (SSSR count). The number of halogens is 6. The highest BCUT2D eigenvalue weighted by molar-refractivity contribution is 5.55. The highest BCUT2D eigenvalue weighted by Crippen LogP contribution is 2.35. The van der Waals surface area contributed by atoms with Crippen molar-refractivity contribution >= 4 is 5.69 Å². The van der Waals surface area contributed by atoms with Gasteiger partial charge in [0, 0.05) is 18.0 Å². The van der Waals surface area contributed by atoms with Crippen LogP contribution in [0.2, 0.25) is 0 Å². The molecule has 2 aromatic rings. The van der Waals surface area contributed by atoms with Crippen LogP contribution in [0.5, 0.6) is 5.88 Å². The van der Waals surface area contributed by atoms with Gasteiger partial charge in [0.2, 0.25) is 5.88 Å². The first kappa shape index (κ1) is 21.3. The molecular weight excluding hydrogens is 388 g/mol. The van der Waals surface area contributed by atoms with Crippen LogP contribution in [0.4, 0.5) is 32.0 Å². The van der Waals surface area contributed by atoms with Crippen LogP contribution >= 0.6 is 0 Å². The molecule has 1 aromatic carbocycles. The number of benzene rings is 1. The maximum Gasteiger partial charge on any atom is 0.417 e. The molecule has 0 spiro atoms. The minimum atomic E-state index is -4.87. The summed E-state index contributed by atoms with van der Waals surface area (Å²) in [5.74, 6) is 0.188. The molecule has 0 saturated heterocycles. The zero-order chi connectivity index (χ0) is 20.9. The highest BCUT2D eigenvalue weighted by atomic mass is 19.4. The van der Waals surface area contributed by atoms with Gasteiger partial charge in [0.1, 0.15) is 13.2 Å². The number of aromatic nitrogens is 1. The Hall–Kier alpha value is -2.96.